The minimum Gasteiger partial charge on any atom is -0.464 e. The molecule has 0 aliphatic heterocycles. The first kappa shape index (κ1) is 15.4. The molecule has 1 atom stereocenters. The molecule has 2 aromatic heterocycles. The van der Waals surface area contributed by atoms with Crippen molar-refractivity contribution in [3.8, 4) is 0 Å². The van der Waals surface area contributed by atoms with Crippen molar-refractivity contribution < 1.29 is 19.0 Å². The van der Waals surface area contributed by atoms with E-state index in [0.29, 0.717) is 5.82 Å². The van der Waals surface area contributed by atoms with Crippen LogP contribution in [-0.4, -0.2) is 39.7 Å². The van der Waals surface area contributed by atoms with Gasteiger partial charge in [0.1, 0.15) is 0 Å². The molecule has 116 valence electrons. The fraction of sp³-hybridized carbons (Fsp3) is 0.333. The summed E-state index contributed by atoms with van der Waals surface area (Å²) < 4.78 is 9.19. The van der Waals surface area contributed by atoms with E-state index in [4.69, 9.17) is 0 Å². The van der Waals surface area contributed by atoms with Crippen LogP contribution in [0.5, 0.6) is 0 Å². The zero-order chi connectivity index (χ0) is 16.1. The third-order valence-corrected chi connectivity index (χ3v) is 2.86. The van der Waals surface area contributed by atoms with E-state index in [9.17, 15) is 14.9 Å². The number of rotatable bonds is 6. The van der Waals surface area contributed by atoms with Gasteiger partial charge in [0, 0.05) is 18.5 Å². The van der Waals surface area contributed by atoms with Crippen molar-refractivity contribution in [2.45, 2.75) is 12.8 Å². The maximum atomic E-state index is 11.5. The number of anilines is 1. The topological polar surface area (TPSA) is 133 Å². The molecule has 0 fully saturated rings. The number of pyridine rings is 1. The first-order chi connectivity index (χ1) is 10.5. The summed E-state index contributed by atoms with van der Waals surface area (Å²) in [6, 6.07) is 2.43. The molecule has 10 nitrogen and oxygen atoms in total. The maximum absolute atomic E-state index is 11.5. The quantitative estimate of drug-likeness (QED) is 0.477. The number of ether oxygens (including phenoxy) is 1. The van der Waals surface area contributed by atoms with Crippen molar-refractivity contribution in [2.75, 3.05) is 19.0 Å². The Hall–Kier alpha value is -3.04. The number of hydrogen-bond donors (Lipinski definition) is 1. The number of nitrogens with one attached hydrogen (secondary N) is 1. The van der Waals surface area contributed by atoms with Crippen LogP contribution in [-0.2, 0) is 4.74 Å². The third-order valence-electron chi connectivity index (χ3n) is 2.86. The summed E-state index contributed by atoms with van der Waals surface area (Å²) in [5.74, 6) is -0.409. The van der Waals surface area contributed by atoms with Gasteiger partial charge in [-0.05, 0) is 6.07 Å². The van der Waals surface area contributed by atoms with Crippen LogP contribution in [0, 0.1) is 10.1 Å². The molecular formula is C12H13N5O5. The van der Waals surface area contributed by atoms with Crippen LogP contribution in [0.25, 0.3) is 0 Å². The molecule has 0 aliphatic carbocycles. The van der Waals surface area contributed by atoms with Crippen LogP contribution in [0.4, 0.5) is 11.5 Å². The van der Waals surface area contributed by atoms with Gasteiger partial charge in [0.2, 0.25) is 12.2 Å². The third kappa shape index (κ3) is 3.34. The number of nitro groups is 1. The van der Waals surface area contributed by atoms with E-state index in [1.807, 2.05) is 6.92 Å². The average Bonchev–Trinajstić information content (AvgIpc) is 3.05. The van der Waals surface area contributed by atoms with Gasteiger partial charge in [0.25, 0.3) is 0 Å². The van der Waals surface area contributed by atoms with Gasteiger partial charge in [-0.25, -0.2) is 9.78 Å². The maximum Gasteiger partial charge on any atom is 0.356 e. The zero-order valence-corrected chi connectivity index (χ0v) is 11.8. The number of hydrogen-bond acceptors (Lipinski definition) is 9. The highest BCUT2D eigenvalue weighted by atomic mass is 16.6. The molecule has 0 saturated heterocycles. The lowest BCUT2D eigenvalue weighted by atomic mass is 10.1. The minimum atomic E-state index is -0.677. The monoisotopic (exact) mass is 307 g/mol. The fourth-order valence-electron chi connectivity index (χ4n) is 1.68. The molecular weight excluding hydrogens is 294 g/mol. The highest BCUT2D eigenvalue weighted by Gasteiger charge is 2.20. The molecule has 0 aromatic carbocycles. The lowest BCUT2D eigenvalue weighted by Crippen LogP contribution is -2.15. The molecule has 0 radical (unpaired) electrons. The van der Waals surface area contributed by atoms with Gasteiger partial charge in [-0.15, -0.1) is 0 Å². The number of esters is 1. The molecule has 1 N–H and O–H groups in total. The van der Waals surface area contributed by atoms with Crippen molar-refractivity contribution in [1.29, 1.82) is 0 Å². The zero-order valence-electron chi connectivity index (χ0n) is 11.8. The minimum absolute atomic E-state index is 0.0248. The average molecular weight is 307 g/mol. The first-order valence-corrected chi connectivity index (χ1v) is 6.26. The molecule has 10 heteroatoms. The Kier molecular flexibility index (Phi) is 4.61. The molecule has 0 saturated carbocycles. The SMILES string of the molecule is COC(=O)c1ccc([N+](=O)[O-])c(NCC(C)c2ncon2)n1. The van der Waals surface area contributed by atoms with Crippen LogP contribution in [0.1, 0.15) is 29.2 Å². The number of carbonyl (C=O) groups is 1. The Morgan fingerprint density at radius 3 is 2.91 bits per heavy atom. The summed E-state index contributed by atoms with van der Waals surface area (Å²) in [6.07, 6.45) is 1.20. The van der Waals surface area contributed by atoms with E-state index < -0.39 is 10.9 Å². The molecule has 2 aromatic rings. The Labute approximate surface area is 124 Å². The van der Waals surface area contributed by atoms with Crippen LogP contribution in [0.3, 0.4) is 0 Å². The smallest absolute Gasteiger partial charge is 0.356 e. The van der Waals surface area contributed by atoms with E-state index in [1.54, 1.807) is 0 Å². The second-order valence-electron chi connectivity index (χ2n) is 4.38. The van der Waals surface area contributed by atoms with Gasteiger partial charge in [-0.2, -0.15) is 4.98 Å². The lowest BCUT2D eigenvalue weighted by Gasteiger charge is -2.10. The molecule has 0 bridgehead atoms. The van der Waals surface area contributed by atoms with E-state index in [-0.39, 0.29) is 29.7 Å². The molecule has 2 rings (SSSR count). The van der Waals surface area contributed by atoms with E-state index in [0.717, 1.165) is 0 Å². The second-order valence-corrected chi connectivity index (χ2v) is 4.38. The van der Waals surface area contributed by atoms with Crippen LogP contribution in [0.2, 0.25) is 0 Å². The summed E-state index contributed by atoms with van der Waals surface area (Å²) in [7, 11) is 1.21. The van der Waals surface area contributed by atoms with E-state index >= 15 is 0 Å². The Morgan fingerprint density at radius 2 is 2.32 bits per heavy atom. The standard InChI is InChI=1S/C12H13N5O5/c1-7(10-14-6-22-16-10)5-13-11-9(17(19)20)4-3-8(15-11)12(18)21-2/h3-4,6-7H,5H2,1-2H3,(H,13,15). The molecule has 1 unspecified atom stereocenters. The summed E-state index contributed by atoms with van der Waals surface area (Å²) in [4.78, 5) is 29.7. The predicted molar refractivity (Wildman–Crippen MR) is 73.4 cm³/mol. The first-order valence-electron chi connectivity index (χ1n) is 6.26. The van der Waals surface area contributed by atoms with Crippen LogP contribution >= 0.6 is 0 Å². The van der Waals surface area contributed by atoms with Crippen molar-refractivity contribution in [2.24, 2.45) is 0 Å². The second kappa shape index (κ2) is 6.61. The van der Waals surface area contributed by atoms with Crippen molar-refractivity contribution in [1.82, 2.24) is 15.1 Å². The number of methoxy groups -OCH3 is 1. The summed E-state index contributed by atoms with van der Waals surface area (Å²) >= 11 is 0. The Morgan fingerprint density at radius 1 is 1.55 bits per heavy atom. The van der Waals surface area contributed by atoms with E-state index in [2.05, 4.69) is 29.7 Å². The van der Waals surface area contributed by atoms with Crippen molar-refractivity contribution >= 4 is 17.5 Å². The van der Waals surface area contributed by atoms with Gasteiger partial charge in [-0.3, -0.25) is 10.1 Å². The highest BCUT2D eigenvalue weighted by molar-refractivity contribution is 5.88. The Balaban J connectivity index is 2.20. The van der Waals surface area contributed by atoms with Crippen LogP contribution in [0.15, 0.2) is 23.0 Å². The van der Waals surface area contributed by atoms with Crippen LogP contribution < -0.4 is 5.32 Å². The molecule has 0 aliphatic rings. The van der Waals surface area contributed by atoms with Gasteiger partial charge >= 0.3 is 11.7 Å². The normalized spacial score (nSPS) is 11.7. The summed E-state index contributed by atoms with van der Waals surface area (Å²) in [6.45, 7) is 2.09. The van der Waals surface area contributed by atoms with Crippen molar-refractivity contribution in [3.05, 3.63) is 40.2 Å². The van der Waals surface area contributed by atoms with Crippen molar-refractivity contribution in [3.63, 3.8) is 0 Å². The van der Waals surface area contributed by atoms with Gasteiger partial charge < -0.3 is 14.6 Å². The lowest BCUT2D eigenvalue weighted by molar-refractivity contribution is -0.384. The number of nitrogens with zero attached hydrogens (tertiary/aromatic N) is 4. The fourth-order valence-corrected chi connectivity index (χ4v) is 1.68. The summed E-state index contributed by atoms with van der Waals surface area (Å²) in [5, 5.41) is 17.5. The van der Waals surface area contributed by atoms with E-state index in [1.165, 1.54) is 25.6 Å². The largest absolute Gasteiger partial charge is 0.464 e. The number of aromatic nitrogens is 3. The van der Waals surface area contributed by atoms with Gasteiger partial charge in [0.15, 0.2) is 11.5 Å². The predicted octanol–water partition coefficient (Wildman–Crippen LogP) is 1.37. The molecule has 0 spiro atoms. The molecule has 2 heterocycles. The summed E-state index contributed by atoms with van der Waals surface area (Å²) in [5.41, 5.74) is -0.268. The molecule has 0 amide bonds. The Bertz CT molecular complexity index is 673. The van der Waals surface area contributed by atoms with Gasteiger partial charge in [0.05, 0.1) is 12.0 Å². The number of carbonyl (C=O) groups excluding carboxylic acids is 1. The molecule has 22 heavy (non-hydrogen) atoms. The van der Waals surface area contributed by atoms with Gasteiger partial charge in [-0.1, -0.05) is 12.1 Å². The highest BCUT2D eigenvalue weighted by Crippen LogP contribution is 2.23.